The van der Waals surface area contributed by atoms with Gasteiger partial charge in [-0.3, -0.25) is 10.6 Å². The van der Waals surface area contributed by atoms with Crippen molar-refractivity contribution in [3.8, 4) is 0 Å². The zero-order valence-corrected chi connectivity index (χ0v) is 11.9. The molecule has 100 valence electrons. The molecule has 1 rings (SSSR count). The molecular weight excluding hydrogens is 246 g/mol. The molecule has 0 heterocycles. The second-order valence-electron chi connectivity index (χ2n) is 4.35. The van der Waals surface area contributed by atoms with Gasteiger partial charge in [-0.15, -0.1) is 0 Å². The predicted octanol–water partition coefficient (Wildman–Crippen LogP) is 2.15. The quantitative estimate of drug-likeness (QED) is 0.546. The van der Waals surface area contributed by atoms with E-state index in [1.54, 1.807) is 17.8 Å². The van der Waals surface area contributed by atoms with Crippen LogP contribution in [0.5, 0.6) is 0 Å². The Morgan fingerprint density at radius 1 is 1.50 bits per heavy atom. The Kier molecular flexibility index (Phi) is 6.01. The molecule has 0 aliphatic rings. The highest BCUT2D eigenvalue weighted by molar-refractivity contribution is 7.98. The van der Waals surface area contributed by atoms with E-state index in [9.17, 15) is 4.79 Å². The number of nitrogen functional groups attached to an aromatic ring is 1. The minimum atomic E-state index is -0.0865. The van der Waals surface area contributed by atoms with E-state index in [1.807, 2.05) is 26.0 Å². The highest BCUT2D eigenvalue weighted by Gasteiger charge is 2.13. The minimum absolute atomic E-state index is 0.0865. The van der Waals surface area contributed by atoms with Crippen LogP contribution in [0.1, 0.15) is 29.3 Å². The molecule has 1 aromatic rings. The number of hydrogen-bond donors (Lipinski definition) is 3. The van der Waals surface area contributed by atoms with Gasteiger partial charge < -0.3 is 10.7 Å². The number of carbonyl (C=O) groups is 1. The van der Waals surface area contributed by atoms with Gasteiger partial charge in [-0.1, -0.05) is 6.07 Å². The second kappa shape index (κ2) is 7.28. The Hall–Kier alpha value is -1.20. The summed E-state index contributed by atoms with van der Waals surface area (Å²) in [7, 11) is 0. The highest BCUT2D eigenvalue weighted by Crippen LogP contribution is 2.16. The Bertz CT molecular complexity index is 409. The first-order valence-electron chi connectivity index (χ1n) is 5.95. The number of hydrazine groups is 1. The summed E-state index contributed by atoms with van der Waals surface area (Å²) in [5, 5.41) is 2.98. The number of thioether (sulfide) groups is 1. The first-order chi connectivity index (χ1) is 8.58. The van der Waals surface area contributed by atoms with Crippen LogP contribution in [-0.2, 0) is 0 Å². The lowest BCUT2D eigenvalue weighted by atomic mass is 10.1. The largest absolute Gasteiger partial charge is 0.349 e. The van der Waals surface area contributed by atoms with Crippen molar-refractivity contribution in [2.75, 3.05) is 17.4 Å². The van der Waals surface area contributed by atoms with Gasteiger partial charge in [0, 0.05) is 6.04 Å². The molecule has 4 N–H and O–H groups in total. The molecule has 0 saturated heterocycles. The van der Waals surface area contributed by atoms with Gasteiger partial charge in [0.2, 0.25) is 0 Å². The number of carbonyl (C=O) groups excluding carboxylic acids is 1. The van der Waals surface area contributed by atoms with Crippen LogP contribution in [0.15, 0.2) is 18.2 Å². The van der Waals surface area contributed by atoms with Crippen LogP contribution >= 0.6 is 11.8 Å². The van der Waals surface area contributed by atoms with Gasteiger partial charge in [0.25, 0.3) is 5.91 Å². The van der Waals surface area contributed by atoms with Gasteiger partial charge in [-0.2, -0.15) is 11.8 Å². The molecule has 0 aliphatic carbocycles. The van der Waals surface area contributed by atoms with E-state index in [0.717, 1.165) is 17.7 Å². The van der Waals surface area contributed by atoms with Gasteiger partial charge in [-0.05, 0) is 50.0 Å². The third kappa shape index (κ3) is 4.23. The first kappa shape index (κ1) is 14.9. The molecule has 5 heteroatoms. The molecular formula is C13H21N3OS. The third-order valence-corrected chi connectivity index (χ3v) is 3.35. The molecule has 0 aromatic heterocycles. The Balaban J connectivity index is 2.72. The maximum atomic E-state index is 12.1. The zero-order chi connectivity index (χ0) is 13.5. The van der Waals surface area contributed by atoms with Crippen molar-refractivity contribution < 1.29 is 4.79 Å². The molecule has 1 unspecified atom stereocenters. The number of benzene rings is 1. The fourth-order valence-corrected chi connectivity index (χ4v) is 2.23. The molecule has 0 aliphatic heterocycles. The van der Waals surface area contributed by atoms with Crippen molar-refractivity contribution >= 4 is 23.4 Å². The van der Waals surface area contributed by atoms with Crippen LogP contribution in [0.3, 0.4) is 0 Å². The average Bonchev–Trinajstić information content (AvgIpc) is 2.35. The standard InChI is InChI=1S/C13H21N3OS/c1-9-4-5-11(12(8-9)16-14)13(17)15-10(2)6-7-18-3/h4-5,8,10,16H,6-7,14H2,1-3H3,(H,15,17). The Morgan fingerprint density at radius 2 is 2.22 bits per heavy atom. The zero-order valence-electron chi connectivity index (χ0n) is 11.1. The first-order valence-corrected chi connectivity index (χ1v) is 7.35. The number of rotatable bonds is 6. The number of amides is 1. The number of aryl methyl sites for hydroxylation is 1. The van der Waals surface area contributed by atoms with Crippen molar-refractivity contribution in [2.24, 2.45) is 5.84 Å². The summed E-state index contributed by atoms with van der Waals surface area (Å²) in [4.78, 5) is 12.1. The number of nitrogens with two attached hydrogens (primary N) is 1. The lowest BCUT2D eigenvalue weighted by molar-refractivity contribution is 0.0940. The van der Waals surface area contributed by atoms with E-state index in [2.05, 4.69) is 17.0 Å². The molecule has 18 heavy (non-hydrogen) atoms. The summed E-state index contributed by atoms with van der Waals surface area (Å²) in [6.45, 7) is 3.97. The summed E-state index contributed by atoms with van der Waals surface area (Å²) >= 11 is 1.78. The van der Waals surface area contributed by atoms with Crippen LogP contribution in [0.4, 0.5) is 5.69 Å². The molecule has 1 amide bonds. The summed E-state index contributed by atoms with van der Waals surface area (Å²) < 4.78 is 0. The van der Waals surface area contributed by atoms with Crippen molar-refractivity contribution in [1.29, 1.82) is 0 Å². The van der Waals surface area contributed by atoms with Crippen molar-refractivity contribution in [3.63, 3.8) is 0 Å². The minimum Gasteiger partial charge on any atom is -0.349 e. The molecule has 0 fully saturated rings. The molecule has 0 saturated carbocycles. The van der Waals surface area contributed by atoms with Crippen LogP contribution in [0.2, 0.25) is 0 Å². The lowest BCUT2D eigenvalue weighted by Crippen LogP contribution is -2.33. The number of hydrogen-bond acceptors (Lipinski definition) is 4. The topological polar surface area (TPSA) is 67.2 Å². The van der Waals surface area contributed by atoms with E-state index in [-0.39, 0.29) is 11.9 Å². The molecule has 0 bridgehead atoms. The van der Waals surface area contributed by atoms with Crippen LogP contribution in [0, 0.1) is 6.92 Å². The van der Waals surface area contributed by atoms with E-state index in [0.29, 0.717) is 11.3 Å². The van der Waals surface area contributed by atoms with Gasteiger partial charge in [-0.25, -0.2) is 0 Å². The normalized spacial score (nSPS) is 12.0. The molecule has 1 aromatic carbocycles. The maximum absolute atomic E-state index is 12.1. The summed E-state index contributed by atoms with van der Waals surface area (Å²) in [6.07, 6.45) is 3.02. The molecule has 1 atom stereocenters. The monoisotopic (exact) mass is 267 g/mol. The van der Waals surface area contributed by atoms with Crippen molar-refractivity contribution in [3.05, 3.63) is 29.3 Å². The Morgan fingerprint density at radius 3 is 2.83 bits per heavy atom. The number of anilines is 1. The summed E-state index contributed by atoms with van der Waals surface area (Å²) in [5.41, 5.74) is 4.87. The third-order valence-electron chi connectivity index (χ3n) is 2.71. The van der Waals surface area contributed by atoms with E-state index in [1.165, 1.54) is 0 Å². The van der Waals surface area contributed by atoms with Gasteiger partial charge >= 0.3 is 0 Å². The smallest absolute Gasteiger partial charge is 0.253 e. The van der Waals surface area contributed by atoms with E-state index in [4.69, 9.17) is 5.84 Å². The van der Waals surface area contributed by atoms with Crippen LogP contribution in [-0.4, -0.2) is 24.0 Å². The number of nitrogens with one attached hydrogen (secondary N) is 2. The van der Waals surface area contributed by atoms with E-state index >= 15 is 0 Å². The summed E-state index contributed by atoms with van der Waals surface area (Å²) in [6, 6.07) is 5.72. The molecule has 0 radical (unpaired) electrons. The maximum Gasteiger partial charge on any atom is 0.253 e. The summed E-state index contributed by atoms with van der Waals surface area (Å²) in [5.74, 6) is 6.39. The predicted molar refractivity (Wildman–Crippen MR) is 78.9 cm³/mol. The van der Waals surface area contributed by atoms with Gasteiger partial charge in [0.05, 0.1) is 11.3 Å². The van der Waals surface area contributed by atoms with Crippen molar-refractivity contribution in [1.82, 2.24) is 5.32 Å². The van der Waals surface area contributed by atoms with Gasteiger partial charge in [0.1, 0.15) is 0 Å². The van der Waals surface area contributed by atoms with Crippen LogP contribution in [0.25, 0.3) is 0 Å². The molecule has 4 nitrogen and oxygen atoms in total. The van der Waals surface area contributed by atoms with E-state index < -0.39 is 0 Å². The van der Waals surface area contributed by atoms with Gasteiger partial charge in [0.15, 0.2) is 0 Å². The fraction of sp³-hybridized carbons (Fsp3) is 0.462. The Labute approximate surface area is 113 Å². The van der Waals surface area contributed by atoms with Crippen LogP contribution < -0.4 is 16.6 Å². The fourth-order valence-electron chi connectivity index (χ4n) is 1.64. The second-order valence-corrected chi connectivity index (χ2v) is 5.33. The highest BCUT2D eigenvalue weighted by atomic mass is 32.2. The average molecular weight is 267 g/mol. The SMILES string of the molecule is CSCCC(C)NC(=O)c1ccc(C)cc1NN. The molecule has 0 spiro atoms. The lowest BCUT2D eigenvalue weighted by Gasteiger charge is -2.15. The van der Waals surface area contributed by atoms with Crippen molar-refractivity contribution in [2.45, 2.75) is 26.3 Å².